The monoisotopic (exact) mass is 229 g/mol. The van der Waals surface area contributed by atoms with Gasteiger partial charge < -0.3 is 16.0 Å². The molecule has 16 heavy (non-hydrogen) atoms. The first-order valence-corrected chi connectivity index (χ1v) is 5.38. The Hall–Kier alpha value is -1.10. The van der Waals surface area contributed by atoms with Crippen LogP contribution in [0.15, 0.2) is 0 Å². The van der Waals surface area contributed by atoms with Crippen molar-refractivity contribution < 1.29 is 9.59 Å². The maximum atomic E-state index is 11.7. The lowest BCUT2D eigenvalue weighted by Gasteiger charge is -2.28. The molecule has 5 nitrogen and oxygen atoms in total. The molecule has 0 aliphatic heterocycles. The van der Waals surface area contributed by atoms with Gasteiger partial charge in [-0.3, -0.25) is 9.59 Å². The molecular formula is C11H23N3O2. The van der Waals surface area contributed by atoms with E-state index >= 15 is 0 Å². The second-order valence-corrected chi connectivity index (χ2v) is 5.10. The maximum absolute atomic E-state index is 11.7. The molecule has 0 aromatic rings. The van der Waals surface area contributed by atoms with Gasteiger partial charge in [-0.2, -0.15) is 0 Å². The molecule has 0 bridgehead atoms. The largest absolute Gasteiger partial charge is 0.358 e. The van der Waals surface area contributed by atoms with Crippen LogP contribution in [0, 0.1) is 5.41 Å². The number of nitrogens with zero attached hydrogens (tertiary/aromatic N) is 1. The van der Waals surface area contributed by atoms with Crippen LogP contribution in [0.2, 0.25) is 0 Å². The van der Waals surface area contributed by atoms with E-state index in [1.54, 1.807) is 14.1 Å². The summed E-state index contributed by atoms with van der Waals surface area (Å²) in [5.41, 5.74) is 5.80. The highest BCUT2D eigenvalue weighted by Crippen LogP contribution is 2.20. The fraction of sp³-hybridized carbons (Fsp3) is 0.818. The van der Waals surface area contributed by atoms with E-state index in [1.165, 1.54) is 4.90 Å². The van der Waals surface area contributed by atoms with Crippen LogP contribution >= 0.6 is 0 Å². The molecule has 0 saturated heterocycles. The molecule has 0 saturated carbocycles. The fourth-order valence-electron chi connectivity index (χ4n) is 1.03. The van der Waals surface area contributed by atoms with Crippen LogP contribution in [0.25, 0.3) is 0 Å². The Morgan fingerprint density at radius 1 is 1.38 bits per heavy atom. The van der Waals surface area contributed by atoms with E-state index in [0.29, 0.717) is 0 Å². The van der Waals surface area contributed by atoms with Gasteiger partial charge in [-0.25, -0.2) is 0 Å². The summed E-state index contributed by atoms with van der Waals surface area (Å²) in [7, 11) is 3.15. The van der Waals surface area contributed by atoms with Crippen molar-refractivity contribution in [1.82, 2.24) is 10.2 Å². The summed E-state index contributed by atoms with van der Waals surface area (Å²) >= 11 is 0. The molecule has 0 heterocycles. The Morgan fingerprint density at radius 3 is 2.25 bits per heavy atom. The topological polar surface area (TPSA) is 75.4 Å². The molecular weight excluding hydrogens is 206 g/mol. The summed E-state index contributed by atoms with van der Waals surface area (Å²) in [6.07, 6.45) is 0.261. The molecule has 94 valence electrons. The Labute approximate surface area is 97.4 Å². The maximum Gasteiger partial charge on any atom is 0.239 e. The van der Waals surface area contributed by atoms with Crippen LogP contribution in [0.3, 0.4) is 0 Å². The molecule has 5 heteroatoms. The highest BCUT2D eigenvalue weighted by molar-refractivity contribution is 5.84. The Morgan fingerprint density at radius 2 is 1.88 bits per heavy atom. The lowest BCUT2D eigenvalue weighted by molar-refractivity contribution is -0.135. The van der Waals surface area contributed by atoms with Crippen LogP contribution < -0.4 is 11.1 Å². The van der Waals surface area contributed by atoms with Crippen molar-refractivity contribution in [2.45, 2.75) is 33.2 Å². The molecule has 2 amide bonds. The SMILES string of the molecule is CNC(=O)CN(C)C(=O)CC(N)C(C)(C)C. The van der Waals surface area contributed by atoms with Gasteiger partial charge in [-0.05, 0) is 5.41 Å². The molecule has 0 aromatic carbocycles. The van der Waals surface area contributed by atoms with Crippen molar-refractivity contribution in [3.05, 3.63) is 0 Å². The zero-order valence-corrected chi connectivity index (χ0v) is 10.8. The molecule has 1 unspecified atom stereocenters. The number of nitrogens with two attached hydrogens (primary N) is 1. The highest BCUT2D eigenvalue weighted by atomic mass is 16.2. The number of nitrogens with one attached hydrogen (secondary N) is 1. The van der Waals surface area contributed by atoms with E-state index in [1.807, 2.05) is 20.8 Å². The minimum atomic E-state index is -0.202. The molecule has 0 radical (unpaired) electrons. The van der Waals surface area contributed by atoms with Gasteiger partial charge in [-0.1, -0.05) is 20.8 Å². The molecule has 0 aliphatic rings. The van der Waals surface area contributed by atoms with Crippen LogP contribution in [0.5, 0.6) is 0 Å². The summed E-state index contributed by atoms with van der Waals surface area (Å²) in [5, 5.41) is 2.47. The molecule has 3 N–H and O–H groups in total. The average molecular weight is 229 g/mol. The summed E-state index contributed by atoms with van der Waals surface area (Å²) in [5.74, 6) is -0.286. The van der Waals surface area contributed by atoms with Gasteiger partial charge in [0.2, 0.25) is 11.8 Å². The van der Waals surface area contributed by atoms with Crippen LogP contribution in [-0.4, -0.2) is 43.4 Å². The second-order valence-electron chi connectivity index (χ2n) is 5.10. The summed E-state index contributed by atoms with van der Waals surface area (Å²) in [6, 6.07) is -0.202. The van der Waals surface area contributed by atoms with Gasteiger partial charge in [-0.15, -0.1) is 0 Å². The van der Waals surface area contributed by atoms with E-state index in [2.05, 4.69) is 5.32 Å². The molecule has 0 rings (SSSR count). The third-order valence-corrected chi connectivity index (χ3v) is 2.59. The minimum absolute atomic E-state index is 0.0756. The van der Waals surface area contributed by atoms with Gasteiger partial charge in [0.25, 0.3) is 0 Å². The molecule has 0 spiro atoms. The number of carbonyl (C=O) groups excluding carboxylic acids is 2. The van der Waals surface area contributed by atoms with E-state index < -0.39 is 0 Å². The number of rotatable bonds is 4. The van der Waals surface area contributed by atoms with Crippen LogP contribution in [-0.2, 0) is 9.59 Å². The smallest absolute Gasteiger partial charge is 0.239 e. The normalized spacial score (nSPS) is 13.1. The van der Waals surface area contributed by atoms with Gasteiger partial charge >= 0.3 is 0 Å². The predicted molar refractivity (Wildman–Crippen MR) is 63.8 cm³/mol. The lowest BCUT2D eigenvalue weighted by Crippen LogP contribution is -2.43. The van der Waals surface area contributed by atoms with Gasteiger partial charge in [0.15, 0.2) is 0 Å². The standard InChI is InChI=1S/C11H23N3O2/c1-11(2,3)8(12)6-10(16)14(5)7-9(15)13-4/h8H,6-7,12H2,1-5H3,(H,13,15). The Bertz CT molecular complexity index is 258. The first-order chi connectivity index (χ1) is 7.18. The van der Waals surface area contributed by atoms with Crippen LogP contribution in [0.1, 0.15) is 27.2 Å². The Kier molecular flexibility index (Phi) is 5.44. The lowest BCUT2D eigenvalue weighted by atomic mass is 9.85. The van der Waals surface area contributed by atoms with Crippen molar-refractivity contribution in [2.75, 3.05) is 20.6 Å². The van der Waals surface area contributed by atoms with E-state index in [-0.39, 0.29) is 36.2 Å². The first-order valence-electron chi connectivity index (χ1n) is 5.38. The summed E-state index contributed by atoms with van der Waals surface area (Å²) < 4.78 is 0. The van der Waals surface area contributed by atoms with Crippen LogP contribution in [0.4, 0.5) is 0 Å². The Balaban J connectivity index is 4.21. The average Bonchev–Trinajstić information content (AvgIpc) is 2.15. The third-order valence-electron chi connectivity index (χ3n) is 2.59. The minimum Gasteiger partial charge on any atom is -0.358 e. The highest BCUT2D eigenvalue weighted by Gasteiger charge is 2.24. The van der Waals surface area contributed by atoms with Gasteiger partial charge in [0, 0.05) is 26.6 Å². The number of carbonyl (C=O) groups is 2. The number of amides is 2. The van der Waals surface area contributed by atoms with E-state index in [9.17, 15) is 9.59 Å². The van der Waals surface area contributed by atoms with Gasteiger partial charge in [0.05, 0.1) is 6.54 Å². The summed E-state index contributed by atoms with van der Waals surface area (Å²) in [6.45, 7) is 6.04. The zero-order chi connectivity index (χ0) is 12.9. The van der Waals surface area contributed by atoms with E-state index in [4.69, 9.17) is 5.73 Å². The number of hydrogen-bond donors (Lipinski definition) is 2. The zero-order valence-electron chi connectivity index (χ0n) is 10.8. The van der Waals surface area contributed by atoms with Gasteiger partial charge in [0.1, 0.15) is 0 Å². The van der Waals surface area contributed by atoms with Crippen molar-refractivity contribution in [2.24, 2.45) is 11.1 Å². The fourth-order valence-corrected chi connectivity index (χ4v) is 1.03. The quantitative estimate of drug-likeness (QED) is 0.710. The molecule has 0 aromatic heterocycles. The molecule has 1 atom stereocenters. The van der Waals surface area contributed by atoms with Crippen molar-refractivity contribution in [1.29, 1.82) is 0 Å². The number of likely N-dealkylation sites (N-methyl/N-ethyl adjacent to an activating group) is 2. The third kappa shape index (κ3) is 5.11. The number of hydrogen-bond acceptors (Lipinski definition) is 3. The van der Waals surface area contributed by atoms with Crippen molar-refractivity contribution in [3.63, 3.8) is 0 Å². The summed E-state index contributed by atoms with van der Waals surface area (Å²) in [4.78, 5) is 24.2. The first kappa shape index (κ1) is 14.9. The van der Waals surface area contributed by atoms with E-state index in [0.717, 1.165) is 0 Å². The molecule has 0 aliphatic carbocycles. The van der Waals surface area contributed by atoms with Crippen molar-refractivity contribution in [3.8, 4) is 0 Å². The second kappa shape index (κ2) is 5.84. The van der Waals surface area contributed by atoms with Crippen molar-refractivity contribution >= 4 is 11.8 Å². The molecule has 0 fully saturated rings. The predicted octanol–water partition coefficient (Wildman–Crippen LogP) is -0.0457.